The largest absolute Gasteiger partial charge is 0.397 e. The summed E-state index contributed by atoms with van der Waals surface area (Å²) in [6.45, 7) is 2.39. The molecule has 2 rings (SSSR count). The van der Waals surface area contributed by atoms with Crippen LogP contribution in [0.5, 0.6) is 0 Å². The van der Waals surface area contributed by atoms with Gasteiger partial charge in [-0.3, -0.25) is 4.98 Å². The Hall–Kier alpha value is -1.40. The molecule has 0 amide bonds. The molecule has 0 spiro atoms. The Morgan fingerprint density at radius 1 is 1.56 bits per heavy atom. The summed E-state index contributed by atoms with van der Waals surface area (Å²) in [5, 5.41) is 0. The van der Waals surface area contributed by atoms with Gasteiger partial charge >= 0.3 is 0 Å². The molecule has 1 unspecified atom stereocenters. The Labute approximate surface area is 96.3 Å². The normalized spacial score (nSPS) is 13.1. The van der Waals surface area contributed by atoms with Crippen LogP contribution in [-0.2, 0) is 17.5 Å². The zero-order valence-corrected chi connectivity index (χ0v) is 10.0. The van der Waals surface area contributed by atoms with E-state index < -0.39 is 11.0 Å². The Morgan fingerprint density at radius 2 is 2.31 bits per heavy atom. The lowest BCUT2D eigenvalue weighted by atomic mass is 10.3. The standard InChI is InChI=1S/C10H14N4OS/c1-7-5-14-6-8(11)3-10(14)9(13-7)4-12-16(2)15/h3,5-6,12H,4,11H2,1-2H3. The molecule has 2 aromatic heterocycles. The number of nitrogens with two attached hydrogens (primary N) is 1. The number of aromatic nitrogens is 2. The summed E-state index contributed by atoms with van der Waals surface area (Å²) >= 11 is 0. The average Bonchev–Trinajstić information content (AvgIpc) is 2.54. The molecule has 16 heavy (non-hydrogen) atoms. The van der Waals surface area contributed by atoms with Gasteiger partial charge < -0.3 is 10.1 Å². The fourth-order valence-electron chi connectivity index (χ4n) is 1.64. The van der Waals surface area contributed by atoms with Crippen molar-refractivity contribution in [1.82, 2.24) is 14.1 Å². The van der Waals surface area contributed by atoms with Crippen molar-refractivity contribution >= 4 is 22.2 Å². The van der Waals surface area contributed by atoms with Gasteiger partial charge in [0.25, 0.3) is 0 Å². The molecule has 0 bridgehead atoms. The van der Waals surface area contributed by atoms with Crippen molar-refractivity contribution in [2.75, 3.05) is 12.0 Å². The molecule has 0 fully saturated rings. The van der Waals surface area contributed by atoms with E-state index in [2.05, 4.69) is 9.71 Å². The quantitative estimate of drug-likeness (QED) is 0.823. The van der Waals surface area contributed by atoms with E-state index in [1.807, 2.05) is 29.8 Å². The zero-order valence-electron chi connectivity index (χ0n) is 9.23. The van der Waals surface area contributed by atoms with Crippen molar-refractivity contribution in [3.63, 3.8) is 0 Å². The monoisotopic (exact) mass is 238 g/mol. The fourth-order valence-corrected chi connectivity index (χ4v) is 1.98. The van der Waals surface area contributed by atoms with Gasteiger partial charge in [0.2, 0.25) is 0 Å². The van der Waals surface area contributed by atoms with Crippen LogP contribution < -0.4 is 10.5 Å². The summed E-state index contributed by atoms with van der Waals surface area (Å²) in [6.07, 6.45) is 5.36. The first-order valence-electron chi connectivity index (χ1n) is 4.87. The number of nitrogens with one attached hydrogen (secondary N) is 1. The molecule has 0 saturated carbocycles. The van der Waals surface area contributed by atoms with E-state index in [9.17, 15) is 4.21 Å². The van der Waals surface area contributed by atoms with E-state index in [0.717, 1.165) is 16.9 Å². The number of hydrogen-bond acceptors (Lipinski definition) is 3. The van der Waals surface area contributed by atoms with E-state index in [1.54, 1.807) is 6.26 Å². The van der Waals surface area contributed by atoms with Crippen LogP contribution in [0.2, 0.25) is 0 Å². The van der Waals surface area contributed by atoms with Crippen molar-refractivity contribution in [1.29, 1.82) is 0 Å². The van der Waals surface area contributed by atoms with Gasteiger partial charge in [0, 0.05) is 18.6 Å². The van der Waals surface area contributed by atoms with Crippen LogP contribution in [0.3, 0.4) is 0 Å². The Bertz CT molecular complexity index is 549. The molecule has 5 nitrogen and oxygen atoms in total. The van der Waals surface area contributed by atoms with E-state index >= 15 is 0 Å². The van der Waals surface area contributed by atoms with Gasteiger partial charge in [-0.1, -0.05) is 0 Å². The van der Waals surface area contributed by atoms with Crippen LogP contribution in [0.4, 0.5) is 5.69 Å². The Kier molecular flexibility index (Phi) is 2.93. The molecule has 0 radical (unpaired) electrons. The summed E-state index contributed by atoms with van der Waals surface area (Å²) in [4.78, 5) is 4.41. The van der Waals surface area contributed by atoms with E-state index in [4.69, 9.17) is 5.73 Å². The van der Waals surface area contributed by atoms with E-state index in [-0.39, 0.29) is 0 Å². The molecule has 0 aliphatic carbocycles. The van der Waals surface area contributed by atoms with Crippen molar-refractivity contribution in [3.8, 4) is 0 Å². The number of anilines is 1. The Morgan fingerprint density at radius 3 is 3.00 bits per heavy atom. The second-order valence-corrected chi connectivity index (χ2v) is 4.87. The predicted octanol–water partition coefficient (Wildman–Crippen LogP) is 0.608. The van der Waals surface area contributed by atoms with Crippen LogP contribution in [0.15, 0.2) is 18.5 Å². The number of nitrogen functional groups attached to an aromatic ring is 1. The third kappa shape index (κ3) is 2.23. The molecule has 0 aliphatic rings. The highest BCUT2D eigenvalue weighted by Gasteiger charge is 2.06. The van der Waals surface area contributed by atoms with Crippen molar-refractivity contribution in [2.24, 2.45) is 0 Å². The molecule has 6 heteroatoms. The second kappa shape index (κ2) is 4.23. The summed E-state index contributed by atoms with van der Waals surface area (Å²) in [7, 11) is -1.04. The molecule has 0 saturated heterocycles. The first kappa shape index (κ1) is 11.1. The molecule has 1 atom stereocenters. The highest BCUT2D eigenvalue weighted by atomic mass is 32.2. The van der Waals surface area contributed by atoms with Gasteiger partial charge in [0.1, 0.15) is 0 Å². The average molecular weight is 238 g/mol. The maximum absolute atomic E-state index is 11.0. The van der Waals surface area contributed by atoms with Gasteiger partial charge in [-0.25, -0.2) is 8.93 Å². The van der Waals surface area contributed by atoms with Crippen molar-refractivity contribution in [3.05, 3.63) is 29.8 Å². The molecule has 2 heterocycles. The maximum Gasteiger partial charge on any atom is 0.0887 e. The van der Waals surface area contributed by atoms with Crippen LogP contribution in [0.1, 0.15) is 11.4 Å². The lowest BCUT2D eigenvalue weighted by Gasteiger charge is -2.05. The van der Waals surface area contributed by atoms with Gasteiger partial charge in [0.05, 0.1) is 40.1 Å². The Balaban J connectivity index is 2.45. The molecule has 3 N–H and O–H groups in total. The van der Waals surface area contributed by atoms with Gasteiger partial charge in [-0.2, -0.15) is 0 Å². The molecule has 2 aromatic rings. The highest BCUT2D eigenvalue weighted by molar-refractivity contribution is 7.82. The molecule has 0 aliphatic heterocycles. The first-order chi connectivity index (χ1) is 7.56. The highest BCUT2D eigenvalue weighted by Crippen LogP contribution is 2.15. The zero-order chi connectivity index (χ0) is 11.7. The minimum absolute atomic E-state index is 0.470. The van der Waals surface area contributed by atoms with Crippen LogP contribution in [-0.4, -0.2) is 19.8 Å². The maximum atomic E-state index is 11.0. The molecule has 0 aromatic carbocycles. The molecular formula is C10H14N4OS. The summed E-state index contributed by atoms with van der Waals surface area (Å²) in [6, 6.07) is 1.86. The summed E-state index contributed by atoms with van der Waals surface area (Å²) in [5.41, 5.74) is 9.14. The fraction of sp³-hybridized carbons (Fsp3) is 0.300. The third-order valence-electron chi connectivity index (χ3n) is 2.25. The lowest BCUT2D eigenvalue weighted by Crippen LogP contribution is -2.16. The van der Waals surface area contributed by atoms with Crippen molar-refractivity contribution in [2.45, 2.75) is 13.5 Å². The number of fused-ring (bicyclic) bond motifs is 1. The third-order valence-corrected chi connectivity index (χ3v) is 2.80. The molecule has 86 valence electrons. The van der Waals surface area contributed by atoms with Crippen LogP contribution >= 0.6 is 0 Å². The number of nitrogens with zero attached hydrogens (tertiary/aromatic N) is 2. The second-order valence-electron chi connectivity index (χ2n) is 3.67. The molecular weight excluding hydrogens is 224 g/mol. The van der Waals surface area contributed by atoms with Crippen LogP contribution in [0.25, 0.3) is 5.52 Å². The lowest BCUT2D eigenvalue weighted by molar-refractivity contribution is 0.675. The number of hydrogen-bond donors (Lipinski definition) is 2. The minimum Gasteiger partial charge on any atom is -0.397 e. The van der Waals surface area contributed by atoms with Gasteiger partial charge in [0.15, 0.2) is 0 Å². The minimum atomic E-state index is -1.04. The first-order valence-corrected chi connectivity index (χ1v) is 6.42. The van der Waals surface area contributed by atoms with Crippen LogP contribution in [0, 0.1) is 6.92 Å². The smallest absolute Gasteiger partial charge is 0.0887 e. The van der Waals surface area contributed by atoms with Gasteiger partial charge in [-0.15, -0.1) is 0 Å². The number of rotatable bonds is 3. The SMILES string of the molecule is Cc1cn2cc(N)cc2c(CNS(C)=O)n1. The van der Waals surface area contributed by atoms with Crippen molar-refractivity contribution < 1.29 is 4.21 Å². The van der Waals surface area contributed by atoms with E-state index in [1.165, 1.54) is 0 Å². The predicted molar refractivity (Wildman–Crippen MR) is 65.2 cm³/mol. The van der Waals surface area contributed by atoms with Gasteiger partial charge in [-0.05, 0) is 13.0 Å². The van der Waals surface area contributed by atoms with E-state index in [0.29, 0.717) is 12.2 Å². The summed E-state index contributed by atoms with van der Waals surface area (Å²) in [5.74, 6) is 0. The topological polar surface area (TPSA) is 72.4 Å². The number of aryl methyl sites for hydroxylation is 1. The summed E-state index contributed by atoms with van der Waals surface area (Å²) < 4.78 is 15.8.